The van der Waals surface area contributed by atoms with Crippen LogP contribution in [0.3, 0.4) is 0 Å². The predicted molar refractivity (Wildman–Crippen MR) is 131 cm³/mol. The zero-order chi connectivity index (χ0) is 24.5. The van der Waals surface area contributed by atoms with Crippen LogP contribution in [0.4, 0.5) is 8.78 Å². The molecule has 1 atom stereocenters. The van der Waals surface area contributed by atoms with E-state index in [1.54, 1.807) is 40.6 Å². The Morgan fingerprint density at radius 1 is 1.00 bits per heavy atom. The second-order valence-electron chi connectivity index (χ2n) is 8.42. The van der Waals surface area contributed by atoms with E-state index in [-0.39, 0.29) is 30.3 Å². The number of benzene rings is 3. The average Bonchev–Trinajstić information content (AvgIpc) is 3.19. The smallest absolute Gasteiger partial charge is 0.237 e. The SMILES string of the molecule is CNC(=O)C1Cc2ccccc2CN1Cn1nc(-c2ccc(F)cc2)n(-c2ccc(F)cc2)c1=S. The number of carbonyl (C=O) groups excluding carboxylic acids is 1. The number of carbonyl (C=O) groups is 1. The first-order valence-corrected chi connectivity index (χ1v) is 11.6. The molecule has 1 aliphatic heterocycles. The molecular formula is C26H23F2N5OS. The second-order valence-corrected chi connectivity index (χ2v) is 8.78. The molecule has 0 saturated carbocycles. The van der Waals surface area contributed by atoms with Crippen LogP contribution in [0.2, 0.25) is 0 Å². The highest BCUT2D eigenvalue weighted by molar-refractivity contribution is 7.71. The lowest BCUT2D eigenvalue weighted by atomic mass is 9.94. The van der Waals surface area contributed by atoms with Crippen molar-refractivity contribution in [3.8, 4) is 17.1 Å². The van der Waals surface area contributed by atoms with Gasteiger partial charge in [-0.2, -0.15) is 0 Å². The van der Waals surface area contributed by atoms with Gasteiger partial charge in [-0.25, -0.2) is 13.5 Å². The summed E-state index contributed by atoms with van der Waals surface area (Å²) in [6.45, 7) is 0.832. The predicted octanol–water partition coefficient (Wildman–Crippen LogP) is 4.48. The summed E-state index contributed by atoms with van der Waals surface area (Å²) in [5.41, 5.74) is 3.59. The number of nitrogens with zero attached hydrogens (tertiary/aromatic N) is 4. The number of likely N-dealkylation sites (N-methyl/N-ethyl adjacent to an activating group) is 1. The van der Waals surface area contributed by atoms with Crippen molar-refractivity contribution in [3.63, 3.8) is 0 Å². The highest BCUT2D eigenvalue weighted by Crippen LogP contribution is 2.27. The van der Waals surface area contributed by atoms with Gasteiger partial charge in [-0.15, -0.1) is 5.10 Å². The first-order chi connectivity index (χ1) is 16.9. The average molecular weight is 492 g/mol. The quantitative estimate of drug-likeness (QED) is 0.419. The van der Waals surface area contributed by atoms with Crippen LogP contribution in [0.1, 0.15) is 11.1 Å². The van der Waals surface area contributed by atoms with Crippen LogP contribution in [-0.2, 0) is 24.4 Å². The van der Waals surface area contributed by atoms with Crippen LogP contribution < -0.4 is 5.32 Å². The van der Waals surface area contributed by atoms with Gasteiger partial charge in [0.05, 0.1) is 18.4 Å². The molecule has 2 heterocycles. The maximum Gasteiger partial charge on any atom is 0.237 e. The molecule has 6 nitrogen and oxygen atoms in total. The molecular weight excluding hydrogens is 468 g/mol. The van der Waals surface area contributed by atoms with Crippen molar-refractivity contribution >= 4 is 18.1 Å². The lowest BCUT2D eigenvalue weighted by Gasteiger charge is -2.35. The van der Waals surface area contributed by atoms with Gasteiger partial charge < -0.3 is 5.32 Å². The van der Waals surface area contributed by atoms with Gasteiger partial charge in [0.2, 0.25) is 10.7 Å². The van der Waals surface area contributed by atoms with Crippen molar-refractivity contribution in [3.05, 3.63) is 100 Å². The van der Waals surface area contributed by atoms with Gasteiger partial charge in [-0.1, -0.05) is 24.3 Å². The molecule has 0 saturated heterocycles. The highest BCUT2D eigenvalue weighted by Gasteiger charge is 2.31. The standard InChI is InChI=1S/C26H23F2N5OS/c1-29-25(34)23-14-18-4-2-3-5-19(18)15-31(23)16-32-26(35)33(22-12-10-21(28)11-13-22)24(30-32)17-6-8-20(27)9-7-17/h2-13,23H,14-16H2,1H3,(H,29,34). The topological polar surface area (TPSA) is 55.1 Å². The molecule has 1 aliphatic rings. The van der Waals surface area contributed by atoms with E-state index in [0.29, 0.717) is 34.8 Å². The Morgan fingerprint density at radius 2 is 1.63 bits per heavy atom. The van der Waals surface area contributed by atoms with E-state index in [1.807, 2.05) is 23.1 Å². The summed E-state index contributed by atoms with van der Waals surface area (Å²) in [7, 11) is 1.63. The van der Waals surface area contributed by atoms with Gasteiger partial charge in [0, 0.05) is 19.2 Å². The van der Waals surface area contributed by atoms with Crippen molar-refractivity contribution in [2.24, 2.45) is 0 Å². The number of hydrogen-bond donors (Lipinski definition) is 1. The van der Waals surface area contributed by atoms with Gasteiger partial charge in [-0.05, 0) is 78.3 Å². The fraction of sp³-hybridized carbons (Fsp3) is 0.192. The van der Waals surface area contributed by atoms with Gasteiger partial charge in [0.25, 0.3) is 0 Å². The molecule has 3 aromatic carbocycles. The number of fused-ring (bicyclic) bond motifs is 1. The van der Waals surface area contributed by atoms with Gasteiger partial charge in [-0.3, -0.25) is 14.3 Å². The molecule has 178 valence electrons. The number of nitrogens with one attached hydrogen (secondary N) is 1. The minimum atomic E-state index is -0.387. The minimum Gasteiger partial charge on any atom is -0.358 e. The number of hydrogen-bond acceptors (Lipinski definition) is 4. The summed E-state index contributed by atoms with van der Waals surface area (Å²) in [6.07, 6.45) is 0.576. The molecule has 4 aromatic rings. The third kappa shape index (κ3) is 4.52. The lowest BCUT2D eigenvalue weighted by molar-refractivity contribution is -0.127. The first-order valence-electron chi connectivity index (χ1n) is 11.2. The largest absolute Gasteiger partial charge is 0.358 e. The third-order valence-corrected chi connectivity index (χ3v) is 6.63. The van der Waals surface area contributed by atoms with Crippen LogP contribution in [0.15, 0.2) is 72.8 Å². The van der Waals surface area contributed by atoms with E-state index in [0.717, 1.165) is 11.1 Å². The van der Waals surface area contributed by atoms with E-state index in [4.69, 9.17) is 17.3 Å². The zero-order valence-corrected chi connectivity index (χ0v) is 19.8. The Balaban J connectivity index is 1.58. The second kappa shape index (κ2) is 9.52. The molecule has 0 radical (unpaired) electrons. The third-order valence-electron chi connectivity index (χ3n) is 6.24. The van der Waals surface area contributed by atoms with E-state index in [2.05, 4.69) is 11.4 Å². The Hall–Kier alpha value is -3.69. The highest BCUT2D eigenvalue weighted by atomic mass is 32.1. The van der Waals surface area contributed by atoms with Crippen molar-refractivity contribution < 1.29 is 13.6 Å². The summed E-state index contributed by atoms with van der Waals surface area (Å²) in [4.78, 5) is 14.8. The molecule has 0 aliphatic carbocycles. The maximum atomic E-state index is 13.6. The molecule has 1 N–H and O–H groups in total. The van der Waals surface area contributed by atoms with E-state index in [1.165, 1.54) is 24.3 Å². The van der Waals surface area contributed by atoms with Crippen LogP contribution in [0.25, 0.3) is 17.1 Å². The summed E-state index contributed by atoms with van der Waals surface area (Å²) < 4.78 is 31.0. The lowest BCUT2D eigenvalue weighted by Crippen LogP contribution is -2.50. The fourth-order valence-corrected chi connectivity index (χ4v) is 4.72. The molecule has 35 heavy (non-hydrogen) atoms. The summed E-state index contributed by atoms with van der Waals surface area (Å²) in [5.74, 6) is -0.310. The van der Waals surface area contributed by atoms with Crippen LogP contribution >= 0.6 is 12.2 Å². The van der Waals surface area contributed by atoms with Crippen molar-refractivity contribution in [1.29, 1.82) is 0 Å². The van der Waals surface area contributed by atoms with Crippen LogP contribution in [-0.4, -0.2) is 38.2 Å². The molecule has 1 unspecified atom stereocenters. The van der Waals surface area contributed by atoms with Crippen LogP contribution in [0.5, 0.6) is 0 Å². The first kappa shape index (κ1) is 23.1. The van der Waals surface area contributed by atoms with E-state index < -0.39 is 0 Å². The number of aromatic nitrogens is 3. The fourth-order valence-electron chi connectivity index (χ4n) is 4.43. The minimum absolute atomic E-state index is 0.0808. The van der Waals surface area contributed by atoms with Gasteiger partial charge >= 0.3 is 0 Å². The zero-order valence-electron chi connectivity index (χ0n) is 19.0. The van der Waals surface area contributed by atoms with Gasteiger partial charge in [0.1, 0.15) is 11.6 Å². The monoisotopic (exact) mass is 491 g/mol. The van der Waals surface area contributed by atoms with Gasteiger partial charge in [0.15, 0.2) is 5.82 Å². The van der Waals surface area contributed by atoms with Crippen LogP contribution in [0, 0.1) is 16.4 Å². The molecule has 0 spiro atoms. The summed E-state index contributed by atoms with van der Waals surface area (Å²) in [6, 6.07) is 19.6. The number of rotatable bonds is 5. The van der Waals surface area contributed by atoms with E-state index >= 15 is 0 Å². The Morgan fingerprint density at radius 3 is 2.29 bits per heavy atom. The molecule has 1 amide bonds. The molecule has 9 heteroatoms. The van der Waals surface area contributed by atoms with Crippen molar-refractivity contribution in [2.45, 2.75) is 25.7 Å². The molecule has 1 aromatic heterocycles. The molecule has 0 bridgehead atoms. The summed E-state index contributed by atoms with van der Waals surface area (Å²) in [5, 5.41) is 7.53. The Bertz CT molecular complexity index is 1430. The summed E-state index contributed by atoms with van der Waals surface area (Å²) >= 11 is 5.80. The number of halogens is 2. The molecule has 0 fully saturated rings. The van der Waals surface area contributed by atoms with Crippen molar-refractivity contribution in [1.82, 2.24) is 24.6 Å². The molecule has 5 rings (SSSR count). The van der Waals surface area contributed by atoms with Crippen molar-refractivity contribution in [2.75, 3.05) is 7.05 Å². The van der Waals surface area contributed by atoms with E-state index in [9.17, 15) is 13.6 Å². The normalized spacial score (nSPS) is 15.6. The Kier molecular flexibility index (Phi) is 6.27. The maximum absolute atomic E-state index is 13.6. The Labute approximate surface area is 206 Å². The number of amides is 1.